The fourth-order valence-corrected chi connectivity index (χ4v) is 1.22. The second kappa shape index (κ2) is 4.31. The van der Waals surface area contributed by atoms with Gasteiger partial charge in [-0.2, -0.15) is 13.2 Å². The Balaban J connectivity index is 3.09. The monoisotopic (exact) mass is 200 g/mol. The highest BCUT2D eigenvalue weighted by Gasteiger charge is 2.33. The molecule has 0 spiro atoms. The van der Waals surface area contributed by atoms with E-state index >= 15 is 0 Å². The number of halogens is 3. The first-order valence-electron chi connectivity index (χ1n) is 4.38. The summed E-state index contributed by atoms with van der Waals surface area (Å²) >= 11 is 0. The average Bonchev–Trinajstić information content (AvgIpc) is 2.14. The quantitative estimate of drug-likeness (QED) is 0.675. The summed E-state index contributed by atoms with van der Waals surface area (Å²) in [5.74, 6) is 0. The maximum Gasteiger partial charge on any atom is 0.416 e. The van der Waals surface area contributed by atoms with Crippen LogP contribution in [0.4, 0.5) is 13.2 Å². The summed E-state index contributed by atoms with van der Waals surface area (Å²) in [6.07, 6.45) is -2.68. The summed E-state index contributed by atoms with van der Waals surface area (Å²) in [5.41, 5.74) is -0.331. The van der Waals surface area contributed by atoms with Gasteiger partial charge >= 0.3 is 6.18 Å². The van der Waals surface area contributed by atoms with Gasteiger partial charge in [-0.3, -0.25) is 0 Å². The Kier molecular flexibility index (Phi) is 3.33. The van der Waals surface area contributed by atoms with Crippen molar-refractivity contribution in [2.24, 2.45) is 0 Å². The van der Waals surface area contributed by atoms with Crippen molar-refractivity contribution in [2.75, 3.05) is 0 Å². The molecule has 0 heterocycles. The predicted molar refractivity (Wildman–Crippen MR) is 50.8 cm³/mol. The van der Waals surface area contributed by atoms with Crippen molar-refractivity contribution in [3.8, 4) is 0 Å². The third kappa shape index (κ3) is 2.62. The lowest BCUT2D eigenvalue weighted by molar-refractivity contribution is -0.0690. The van der Waals surface area contributed by atoms with Crippen molar-refractivity contribution in [2.45, 2.75) is 19.5 Å². The summed E-state index contributed by atoms with van der Waals surface area (Å²) in [5, 5.41) is 0. The molecule has 76 valence electrons. The number of benzene rings is 1. The van der Waals surface area contributed by atoms with Gasteiger partial charge in [0.2, 0.25) is 0 Å². The maximum atomic E-state index is 12.5. The molecule has 0 saturated heterocycles. The Morgan fingerprint density at radius 1 is 1.21 bits per heavy atom. The van der Waals surface area contributed by atoms with Gasteiger partial charge in [-0.15, -0.1) is 0 Å². The minimum Gasteiger partial charge on any atom is -0.166 e. The van der Waals surface area contributed by atoms with E-state index < -0.39 is 11.7 Å². The van der Waals surface area contributed by atoms with Crippen molar-refractivity contribution in [3.63, 3.8) is 0 Å². The lowest BCUT2D eigenvalue weighted by Gasteiger charge is -2.11. The number of hydrogen-bond donors (Lipinski definition) is 0. The Bertz CT molecular complexity index is 309. The summed E-state index contributed by atoms with van der Waals surface area (Å²) in [6.45, 7) is 1.69. The van der Waals surface area contributed by atoms with E-state index in [0.717, 1.165) is 0 Å². The Labute approximate surface area is 81.1 Å². The van der Waals surface area contributed by atoms with Crippen LogP contribution in [-0.4, -0.2) is 6.18 Å². The van der Waals surface area contributed by atoms with Gasteiger partial charge in [-0.05, 0) is 12.0 Å². The molecule has 14 heavy (non-hydrogen) atoms. The van der Waals surface area contributed by atoms with Crippen LogP contribution >= 0.6 is 0 Å². The second-order valence-electron chi connectivity index (χ2n) is 2.89. The van der Waals surface area contributed by atoms with E-state index in [2.05, 4.69) is 0 Å². The van der Waals surface area contributed by atoms with Crippen LogP contribution in [0, 0.1) is 0 Å². The van der Waals surface area contributed by atoms with E-state index in [9.17, 15) is 13.2 Å². The standard InChI is InChI=1S/C11H11F3/c1-2-6-10(11(12,13)14)9-7-4-3-5-8-9/h3-8H,2H2,1H3/b10-6-. The van der Waals surface area contributed by atoms with Crippen LogP contribution in [0.25, 0.3) is 5.57 Å². The molecular formula is C11H11F3. The molecule has 0 N–H and O–H groups in total. The van der Waals surface area contributed by atoms with Gasteiger partial charge in [0.25, 0.3) is 0 Å². The topological polar surface area (TPSA) is 0 Å². The largest absolute Gasteiger partial charge is 0.416 e. The predicted octanol–water partition coefficient (Wildman–Crippen LogP) is 4.04. The molecule has 0 bridgehead atoms. The molecule has 0 saturated carbocycles. The van der Waals surface area contributed by atoms with Gasteiger partial charge in [0.1, 0.15) is 0 Å². The molecule has 0 aliphatic heterocycles. The Morgan fingerprint density at radius 2 is 1.79 bits per heavy atom. The zero-order valence-electron chi connectivity index (χ0n) is 7.81. The summed E-state index contributed by atoms with van der Waals surface area (Å²) in [4.78, 5) is 0. The number of alkyl halides is 3. The Hall–Kier alpha value is -1.25. The first-order valence-corrected chi connectivity index (χ1v) is 4.38. The third-order valence-corrected chi connectivity index (χ3v) is 1.80. The van der Waals surface area contributed by atoms with Crippen LogP contribution in [0.3, 0.4) is 0 Å². The molecule has 3 heteroatoms. The highest BCUT2D eigenvalue weighted by atomic mass is 19.4. The van der Waals surface area contributed by atoms with Gasteiger partial charge in [0.05, 0.1) is 5.57 Å². The van der Waals surface area contributed by atoms with E-state index in [1.807, 2.05) is 0 Å². The minimum absolute atomic E-state index is 0.224. The zero-order chi connectivity index (χ0) is 10.6. The number of hydrogen-bond acceptors (Lipinski definition) is 0. The molecule has 0 nitrogen and oxygen atoms in total. The molecular weight excluding hydrogens is 189 g/mol. The molecule has 0 fully saturated rings. The highest BCUT2D eigenvalue weighted by molar-refractivity contribution is 5.69. The van der Waals surface area contributed by atoms with E-state index in [-0.39, 0.29) is 5.56 Å². The third-order valence-electron chi connectivity index (χ3n) is 1.80. The van der Waals surface area contributed by atoms with E-state index in [4.69, 9.17) is 0 Å². The molecule has 1 aromatic rings. The fourth-order valence-electron chi connectivity index (χ4n) is 1.22. The highest BCUT2D eigenvalue weighted by Crippen LogP contribution is 2.33. The lowest BCUT2D eigenvalue weighted by Crippen LogP contribution is -2.10. The summed E-state index contributed by atoms with van der Waals surface area (Å²) < 4.78 is 37.6. The van der Waals surface area contributed by atoms with Gasteiger partial charge in [0, 0.05) is 0 Å². The molecule has 1 aromatic carbocycles. The van der Waals surface area contributed by atoms with Crippen molar-refractivity contribution in [1.29, 1.82) is 0 Å². The van der Waals surface area contributed by atoms with Crippen molar-refractivity contribution in [1.82, 2.24) is 0 Å². The lowest BCUT2D eigenvalue weighted by atomic mass is 10.0. The van der Waals surface area contributed by atoms with Crippen LogP contribution < -0.4 is 0 Å². The van der Waals surface area contributed by atoms with Crippen LogP contribution in [-0.2, 0) is 0 Å². The fraction of sp³-hybridized carbons (Fsp3) is 0.273. The van der Waals surface area contributed by atoms with Gasteiger partial charge < -0.3 is 0 Å². The minimum atomic E-state index is -4.27. The first kappa shape index (κ1) is 10.8. The van der Waals surface area contributed by atoms with Crippen molar-refractivity contribution in [3.05, 3.63) is 42.0 Å². The summed E-state index contributed by atoms with van der Waals surface area (Å²) in [7, 11) is 0. The smallest absolute Gasteiger partial charge is 0.166 e. The maximum absolute atomic E-state index is 12.5. The van der Waals surface area contributed by atoms with Crippen molar-refractivity contribution < 1.29 is 13.2 Å². The van der Waals surface area contributed by atoms with Gasteiger partial charge in [-0.1, -0.05) is 43.3 Å². The molecule has 0 radical (unpaired) electrons. The molecule has 1 rings (SSSR count). The average molecular weight is 200 g/mol. The molecule has 0 aliphatic carbocycles. The second-order valence-corrected chi connectivity index (χ2v) is 2.89. The molecule has 0 aliphatic rings. The van der Waals surface area contributed by atoms with Crippen LogP contribution in [0.2, 0.25) is 0 Å². The van der Waals surface area contributed by atoms with E-state index in [1.54, 1.807) is 25.1 Å². The number of allylic oxidation sites excluding steroid dienone is 2. The molecule has 0 aromatic heterocycles. The zero-order valence-corrected chi connectivity index (χ0v) is 7.81. The normalized spacial score (nSPS) is 13.0. The molecule has 0 atom stereocenters. The van der Waals surface area contributed by atoms with Crippen LogP contribution in [0.1, 0.15) is 18.9 Å². The van der Waals surface area contributed by atoms with E-state index in [0.29, 0.717) is 6.42 Å². The van der Waals surface area contributed by atoms with Gasteiger partial charge in [0.15, 0.2) is 0 Å². The van der Waals surface area contributed by atoms with Crippen LogP contribution in [0.5, 0.6) is 0 Å². The molecule has 0 amide bonds. The summed E-state index contributed by atoms with van der Waals surface area (Å²) in [6, 6.07) is 7.84. The Morgan fingerprint density at radius 3 is 2.21 bits per heavy atom. The van der Waals surface area contributed by atoms with Crippen LogP contribution in [0.15, 0.2) is 36.4 Å². The number of rotatable bonds is 2. The SMILES string of the molecule is CC/C=C(/c1ccccc1)C(F)(F)F. The van der Waals surface area contributed by atoms with Crippen molar-refractivity contribution >= 4 is 5.57 Å². The molecule has 0 unspecified atom stereocenters. The first-order chi connectivity index (χ1) is 6.55. The van der Waals surface area contributed by atoms with Gasteiger partial charge in [-0.25, -0.2) is 0 Å². The van der Waals surface area contributed by atoms with E-state index in [1.165, 1.54) is 18.2 Å².